The van der Waals surface area contributed by atoms with Gasteiger partial charge in [0.1, 0.15) is 0 Å². The number of rotatable bonds is 6. The van der Waals surface area contributed by atoms with Crippen LogP contribution >= 0.6 is 0 Å². The van der Waals surface area contributed by atoms with Crippen LogP contribution in [-0.4, -0.2) is 30.1 Å². The third-order valence-corrected chi connectivity index (χ3v) is 11.7. The van der Waals surface area contributed by atoms with Crippen LogP contribution in [0.2, 0.25) is 0 Å². The molecule has 3 heterocycles. The van der Waals surface area contributed by atoms with E-state index < -0.39 is 0 Å². The molecule has 1 spiro atoms. The SMILES string of the molecule is CCCC1CNC2=C1C1=C(NC2)C2CCC=CC2N1[C@H](C)[C@@H](C)C[C@]12CC[C@@H]3[C@H]4[C@@H]1C432. The molecule has 3 nitrogen and oxygen atoms in total. The lowest BCUT2D eigenvalue weighted by atomic mass is 9.78. The summed E-state index contributed by atoms with van der Waals surface area (Å²) < 4.78 is 0. The standard InChI is InChI=1S/C28H39N3/c1-4-7-17-13-29-20-14-30-24-18-8-5-6-9-21(18)31(25(24)22(17)20)16(3)15(2)12-27-11-10-19-23-26(27)28(19,23)27/h6,9,15-19,21,23,26,29-30H,4-5,7-8,10-14H2,1-3H3/t15-,16+,17?,18?,19+,21?,23-,26-,27+,28?/m0/s1. The summed E-state index contributed by atoms with van der Waals surface area (Å²) in [6.07, 6.45) is 14.8. The fourth-order valence-corrected chi connectivity index (χ4v) is 10.4. The zero-order valence-corrected chi connectivity index (χ0v) is 19.6. The van der Waals surface area contributed by atoms with E-state index in [9.17, 15) is 0 Å². The second kappa shape index (κ2) is 5.57. The number of allylic oxidation sites excluding steroid dienone is 2. The van der Waals surface area contributed by atoms with E-state index in [1.165, 1.54) is 55.6 Å². The topological polar surface area (TPSA) is 27.3 Å². The van der Waals surface area contributed by atoms with Crippen LogP contribution < -0.4 is 10.6 Å². The Labute approximate surface area is 187 Å². The predicted octanol–water partition coefficient (Wildman–Crippen LogP) is 4.80. The Bertz CT molecular complexity index is 959. The molecule has 166 valence electrons. The van der Waals surface area contributed by atoms with E-state index in [1.807, 2.05) is 0 Å². The Morgan fingerprint density at radius 2 is 2.13 bits per heavy atom. The van der Waals surface area contributed by atoms with Gasteiger partial charge < -0.3 is 15.5 Å². The molecule has 0 saturated heterocycles. The van der Waals surface area contributed by atoms with Crippen molar-refractivity contribution in [2.45, 2.75) is 77.8 Å². The molecule has 5 aliphatic carbocycles. The van der Waals surface area contributed by atoms with Crippen LogP contribution in [-0.2, 0) is 0 Å². The lowest BCUT2D eigenvalue weighted by Crippen LogP contribution is -2.44. The number of fused-ring (bicyclic) bond motifs is 6. The molecule has 2 N–H and O–H groups in total. The summed E-state index contributed by atoms with van der Waals surface area (Å²) in [4.78, 5) is 2.93. The zero-order valence-electron chi connectivity index (χ0n) is 19.6. The minimum absolute atomic E-state index is 0.577. The molecule has 3 aliphatic heterocycles. The van der Waals surface area contributed by atoms with Crippen molar-refractivity contribution in [2.75, 3.05) is 13.1 Å². The summed E-state index contributed by atoms with van der Waals surface area (Å²) in [5, 5.41) is 7.73. The number of hydrogen-bond donors (Lipinski definition) is 2. The lowest BCUT2D eigenvalue weighted by Gasteiger charge is -2.42. The highest BCUT2D eigenvalue weighted by molar-refractivity contribution is 5.57. The lowest BCUT2D eigenvalue weighted by molar-refractivity contribution is 0.133. The summed E-state index contributed by atoms with van der Waals surface area (Å²) in [6, 6.07) is 1.20. The van der Waals surface area contributed by atoms with Gasteiger partial charge in [-0.15, -0.1) is 0 Å². The van der Waals surface area contributed by atoms with E-state index in [4.69, 9.17) is 0 Å². The van der Waals surface area contributed by atoms with Crippen LogP contribution in [0.4, 0.5) is 0 Å². The van der Waals surface area contributed by atoms with Gasteiger partial charge in [-0.1, -0.05) is 32.4 Å². The first-order valence-corrected chi connectivity index (χ1v) is 13.6. The van der Waals surface area contributed by atoms with Crippen molar-refractivity contribution >= 4 is 0 Å². The van der Waals surface area contributed by atoms with Gasteiger partial charge in [-0.05, 0) is 80.0 Å². The summed E-state index contributed by atoms with van der Waals surface area (Å²) in [5.74, 6) is 5.75. The van der Waals surface area contributed by atoms with Gasteiger partial charge in [0, 0.05) is 41.4 Å². The average Bonchev–Trinajstić information content (AvgIpc) is 3.64. The van der Waals surface area contributed by atoms with E-state index in [0.717, 1.165) is 29.8 Å². The van der Waals surface area contributed by atoms with Gasteiger partial charge >= 0.3 is 0 Å². The Kier molecular flexibility index (Phi) is 3.25. The van der Waals surface area contributed by atoms with Crippen LogP contribution in [0.5, 0.6) is 0 Å². The predicted molar refractivity (Wildman–Crippen MR) is 124 cm³/mol. The third kappa shape index (κ3) is 1.85. The van der Waals surface area contributed by atoms with Crippen LogP contribution in [0.15, 0.2) is 34.8 Å². The molecule has 8 aliphatic rings. The van der Waals surface area contributed by atoms with Crippen LogP contribution in [0.25, 0.3) is 0 Å². The fourth-order valence-electron chi connectivity index (χ4n) is 10.4. The van der Waals surface area contributed by atoms with Gasteiger partial charge in [0.2, 0.25) is 0 Å². The molecular weight excluding hydrogens is 378 g/mol. The maximum atomic E-state index is 3.93. The van der Waals surface area contributed by atoms with Crippen molar-refractivity contribution in [3.05, 3.63) is 34.8 Å². The van der Waals surface area contributed by atoms with Crippen molar-refractivity contribution in [1.82, 2.24) is 15.5 Å². The van der Waals surface area contributed by atoms with Gasteiger partial charge in [-0.3, -0.25) is 0 Å². The first-order valence-electron chi connectivity index (χ1n) is 13.6. The highest BCUT2D eigenvalue weighted by Crippen LogP contribution is 3.14. The minimum atomic E-state index is 0.577. The van der Waals surface area contributed by atoms with E-state index in [1.54, 1.807) is 29.8 Å². The van der Waals surface area contributed by atoms with E-state index in [-0.39, 0.29) is 0 Å². The van der Waals surface area contributed by atoms with Crippen LogP contribution in [0.1, 0.15) is 65.7 Å². The number of dihydropyridines is 1. The molecule has 0 aromatic heterocycles. The maximum absolute atomic E-state index is 3.93. The highest BCUT2D eigenvalue weighted by atomic mass is 15.3. The molecule has 3 heteroatoms. The van der Waals surface area contributed by atoms with E-state index in [0.29, 0.717) is 23.9 Å². The van der Waals surface area contributed by atoms with Gasteiger partial charge in [0.15, 0.2) is 0 Å². The Morgan fingerprint density at radius 3 is 2.87 bits per heavy atom. The van der Waals surface area contributed by atoms with Gasteiger partial charge in [-0.2, -0.15) is 0 Å². The van der Waals surface area contributed by atoms with Gasteiger partial charge in [0.25, 0.3) is 0 Å². The second-order valence-corrected chi connectivity index (χ2v) is 12.5. The van der Waals surface area contributed by atoms with Crippen molar-refractivity contribution in [3.8, 4) is 0 Å². The largest absolute Gasteiger partial charge is 0.386 e. The molecule has 10 atom stereocenters. The Hall–Kier alpha value is -1.38. The minimum Gasteiger partial charge on any atom is -0.386 e. The molecule has 8 rings (SSSR count). The first-order chi connectivity index (χ1) is 15.1. The van der Waals surface area contributed by atoms with Crippen LogP contribution in [0, 0.1) is 46.3 Å². The summed E-state index contributed by atoms with van der Waals surface area (Å²) in [7, 11) is 0. The smallest absolute Gasteiger partial charge is 0.0624 e. The molecule has 0 radical (unpaired) electrons. The Balaban J connectivity index is 1.14. The van der Waals surface area contributed by atoms with Crippen molar-refractivity contribution in [3.63, 3.8) is 0 Å². The van der Waals surface area contributed by atoms with Crippen molar-refractivity contribution in [1.29, 1.82) is 0 Å². The molecule has 31 heavy (non-hydrogen) atoms. The average molecular weight is 418 g/mol. The summed E-state index contributed by atoms with van der Waals surface area (Å²) in [5.41, 5.74) is 8.18. The van der Waals surface area contributed by atoms with Gasteiger partial charge in [-0.25, -0.2) is 0 Å². The number of hydrogen-bond acceptors (Lipinski definition) is 3. The summed E-state index contributed by atoms with van der Waals surface area (Å²) >= 11 is 0. The molecule has 0 bridgehead atoms. The van der Waals surface area contributed by atoms with Crippen molar-refractivity contribution in [2.24, 2.45) is 46.3 Å². The zero-order chi connectivity index (χ0) is 20.7. The molecule has 0 aromatic carbocycles. The van der Waals surface area contributed by atoms with Crippen molar-refractivity contribution < 1.29 is 0 Å². The molecule has 4 unspecified atom stereocenters. The summed E-state index contributed by atoms with van der Waals surface area (Å²) in [6.45, 7) is 9.70. The Morgan fingerprint density at radius 1 is 1.23 bits per heavy atom. The second-order valence-electron chi connectivity index (χ2n) is 12.5. The van der Waals surface area contributed by atoms with E-state index >= 15 is 0 Å². The molecule has 4 saturated carbocycles. The molecule has 4 fully saturated rings. The molecule has 0 amide bonds. The highest BCUT2D eigenvalue weighted by Gasteiger charge is 3.10. The quantitative estimate of drug-likeness (QED) is 0.608. The normalized spacial score (nSPS) is 50.7. The fraction of sp³-hybridized carbons (Fsp3) is 0.786. The monoisotopic (exact) mass is 417 g/mol. The van der Waals surface area contributed by atoms with E-state index in [2.05, 4.69) is 48.5 Å². The number of nitrogens with zero attached hydrogens (tertiary/aromatic N) is 1. The van der Waals surface area contributed by atoms with Gasteiger partial charge in [0.05, 0.1) is 18.3 Å². The first kappa shape index (κ1) is 18.1. The number of nitrogens with one attached hydrogen (secondary N) is 2. The molecular formula is C28H39N3. The van der Waals surface area contributed by atoms with Crippen LogP contribution in [0.3, 0.4) is 0 Å². The third-order valence-electron chi connectivity index (χ3n) is 11.7. The molecule has 0 aromatic rings. The maximum Gasteiger partial charge on any atom is 0.0624 e.